The van der Waals surface area contributed by atoms with E-state index in [0.29, 0.717) is 26.4 Å². The van der Waals surface area contributed by atoms with Crippen molar-refractivity contribution < 1.29 is 18.9 Å². The van der Waals surface area contributed by atoms with Crippen LogP contribution in [0.1, 0.15) is 74.9 Å². The first-order chi connectivity index (χ1) is 16.0. The van der Waals surface area contributed by atoms with E-state index in [1.807, 2.05) is 0 Å². The Morgan fingerprint density at radius 2 is 0.735 bits per heavy atom. The van der Waals surface area contributed by atoms with Gasteiger partial charge in [0.2, 0.25) is 0 Å². The summed E-state index contributed by atoms with van der Waals surface area (Å²) in [6.45, 7) is 15.7. The van der Waals surface area contributed by atoms with Gasteiger partial charge in [-0.3, -0.25) is 0 Å². The molecular weight excluding hydrogens is 464 g/mol. The fourth-order valence-electron chi connectivity index (χ4n) is 3.72. The maximum atomic E-state index is 5.60. The van der Waals surface area contributed by atoms with Crippen molar-refractivity contribution >= 4 is 21.6 Å². The number of hydrogen-bond acceptors (Lipinski definition) is 6. The molecule has 0 spiro atoms. The Bertz CT molecular complexity index is 811. The molecule has 0 fully saturated rings. The zero-order chi connectivity index (χ0) is 25.5. The van der Waals surface area contributed by atoms with Gasteiger partial charge >= 0.3 is 0 Å². The van der Waals surface area contributed by atoms with Gasteiger partial charge in [-0.15, -0.1) is 0 Å². The van der Waals surface area contributed by atoms with Gasteiger partial charge in [-0.25, -0.2) is 0 Å². The quantitative estimate of drug-likeness (QED) is 0.291. The minimum atomic E-state index is 0.0430. The molecule has 0 aliphatic carbocycles. The van der Waals surface area contributed by atoms with E-state index in [1.54, 1.807) is 50.0 Å². The normalized spacial score (nSPS) is 12.4. The van der Waals surface area contributed by atoms with Crippen LogP contribution in [0.2, 0.25) is 0 Å². The highest BCUT2D eigenvalue weighted by molar-refractivity contribution is 8.76. The minimum Gasteiger partial charge on any atom is -0.380 e. The number of benzene rings is 2. The largest absolute Gasteiger partial charge is 0.380 e. The summed E-state index contributed by atoms with van der Waals surface area (Å²) in [4.78, 5) is 2.40. The summed E-state index contributed by atoms with van der Waals surface area (Å²) < 4.78 is 22.4. The number of rotatable bonds is 11. The lowest BCUT2D eigenvalue weighted by Crippen LogP contribution is -2.14. The standard InChI is InChI=1S/C28H42O4S2/c1-27(2,3)23-11-19(15-29-7)25(20(12-23)16-30-8)33-34-26-21(17-31-9)13-24(28(4,5)6)14-22(26)18-32-10/h11-14H,15-18H2,1-10H3. The van der Waals surface area contributed by atoms with Crippen LogP contribution in [0.4, 0.5) is 0 Å². The number of methoxy groups -OCH3 is 4. The summed E-state index contributed by atoms with van der Waals surface area (Å²) in [5.74, 6) is 0. The van der Waals surface area contributed by atoms with Gasteiger partial charge in [0.1, 0.15) is 0 Å². The lowest BCUT2D eigenvalue weighted by Gasteiger charge is -2.25. The Morgan fingerprint density at radius 1 is 0.500 bits per heavy atom. The molecule has 0 bridgehead atoms. The number of hydrogen-bond donors (Lipinski definition) is 0. The summed E-state index contributed by atoms with van der Waals surface area (Å²) >= 11 is 0. The van der Waals surface area contributed by atoms with Gasteiger partial charge < -0.3 is 18.9 Å². The minimum absolute atomic E-state index is 0.0430. The fourth-order valence-corrected chi connectivity index (χ4v) is 6.57. The Morgan fingerprint density at radius 3 is 0.912 bits per heavy atom. The SMILES string of the molecule is COCc1cc(C(C)(C)C)cc(COC)c1SSc1c(COC)cc(C(C)(C)C)cc1COC. The molecule has 0 aromatic heterocycles. The second-order valence-corrected chi connectivity index (χ2v) is 12.8. The van der Waals surface area contributed by atoms with Crippen LogP contribution in [-0.4, -0.2) is 28.4 Å². The maximum absolute atomic E-state index is 5.60. The number of ether oxygens (including phenoxy) is 4. The molecule has 0 atom stereocenters. The first-order valence-corrected chi connectivity index (χ1v) is 13.7. The Kier molecular flexibility index (Phi) is 11.0. The average Bonchev–Trinajstić information content (AvgIpc) is 2.73. The van der Waals surface area contributed by atoms with Gasteiger partial charge in [-0.2, -0.15) is 0 Å². The van der Waals surface area contributed by atoms with Gasteiger partial charge in [-0.1, -0.05) is 87.4 Å². The Balaban J connectivity index is 2.58. The van der Waals surface area contributed by atoms with Gasteiger partial charge in [0.25, 0.3) is 0 Å². The van der Waals surface area contributed by atoms with Crippen LogP contribution >= 0.6 is 21.6 Å². The molecule has 190 valence electrons. The summed E-state index contributed by atoms with van der Waals surface area (Å²) in [5.41, 5.74) is 7.41. The van der Waals surface area contributed by atoms with Gasteiger partial charge in [0.05, 0.1) is 26.4 Å². The molecule has 0 heterocycles. The van der Waals surface area contributed by atoms with Crippen molar-refractivity contribution in [3.8, 4) is 0 Å². The van der Waals surface area contributed by atoms with Crippen molar-refractivity contribution in [1.82, 2.24) is 0 Å². The highest BCUT2D eigenvalue weighted by atomic mass is 33.1. The highest BCUT2D eigenvalue weighted by Crippen LogP contribution is 2.46. The summed E-state index contributed by atoms with van der Waals surface area (Å²) in [6.07, 6.45) is 0. The third-order valence-corrected chi connectivity index (χ3v) is 8.34. The second-order valence-electron chi connectivity index (χ2n) is 10.6. The molecule has 34 heavy (non-hydrogen) atoms. The second kappa shape index (κ2) is 12.8. The van der Waals surface area contributed by atoms with Crippen molar-refractivity contribution in [1.29, 1.82) is 0 Å². The van der Waals surface area contributed by atoms with E-state index in [-0.39, 0.29) is 10.8 Å². The third kappa shape index (κ3) is 7.74. The van der Waals surface area contributed by atoms with Crippen molar-refractivity contribution in [3.05, 3.63) is 57.6 Å². The molecule has 6 heteroatoms. The maximum Gasteiger partial charge on any atom is 0.0724 e. The molecule has 2 aromatic rings. The van der Waals surface area contributed by atoms with Crippen LogP contribution in [0, 0.1) is 0 Å². The summed E-state index contributed by atoms with van der Waals surface area (Å²) in [6, 6.07) is 9.11. The third-order valence-electron chi connectivity index (χ3n) is 5.63. The van der Waals surface area contributed by atoms with Crippen LogP contribution < -0.4 is 0 Å². The first kappa shape index (κ1) is 29.2. The molecule has 0 N–H and O–H groups in total. The van der Waals surface area contributed by atoms with Crippen molar-refractivity contribution in [2.75, 3.05) is 28.4 Å². The topological polar surface area (TPSA) is 36.9 Å². The summed E-state index contributed by atoms with van der Waals surface area (Å²) in [7, 11) is 10.5. The molecular formula is C28H42O4S2. The highest BCUT2D eigenvalue weighted by Gasteiger charge is 2.22. The van der Waals surface area contributed by atoms with E-state index in [4.69, 9.17) is 18.9 Å². The molecule has 0 saturated carbocycles. The lowest BCUT2D eigenvalue weighted by atomic mass is 9.85. The molecule has 0 saturated heterocycles. The van der Waals surface area contributed by atoms with E-state index in [1.165, 1.54) is 43.2 Å². The molecule has 0 radical (unpaired) electrons. The van der Waals surface area contributed by atoms with Gasteiger partial charge in [0.15, 0.2) is 0 Å². The molecule has 2 rings (SSSR count). The summed E-state index contributed by atoms with van der Waals surface area (Å²) in [5, 5.41) is 0. The predicted octanol–water partition coefficient (Wildman–Crippen LogP) is 7.67. The van der Waals surface area contributed by atoms with E-state index in [2.05, 4.69) is 65.8 Å². The monoisotopic (exact) mass is 506 g/mol. The fraction of sp³-hybridized carbons (Fsp3) is 0.571. The van der Waals surface area contributed by atoms with E-state index < -0.39 is 0 Å². The molecule has 0 amide bonds. The molecule has 0 unspecified atom stereocenters. The van der Waals surface area contributed by atoms with Crippen molar-refractivity contribution in [2.45, 2.75) is 88.6 Å². The van der Waals surface area contributed by atoms with Crippen LogP contribution in [0.15, 0.2) is 34.1 Å². The molecule has 2 aromatic carbocycles. The lowest BCUT2D eigenvalue weighted by molar-refractivity contribution is 0.175. The predicted molar refractivity (Wildman–Crippen MR) is 145 cm³/mol. The van der Waals surface area contributed by atoms with Crippen LogP contribution in [0.25, 0.3) is 0 Å². The van der Waals surface area contributed by atoms with Gasteiger partial charge in [-0.05, 0) is 44.2 Å². The van der Waals surface area contributed by atoms with Crippen molar-refractivity contribution in [3.63, 3.8) is 0 Å². The Labute approximate surface area is 214 Å². The molecule has 4 nitrogen and oxygen atoms in total. The first-order valence-electron chi connectivity index (χ1n) is 11.6. The van der Waals surface area contributed by atoms with Crippen molar-refractivity contribution in [2.24, 2.45) is 0 Å². The molecule has 0 aliphatic rings. The van der Waals surface area contributed by atoms with Crippen LogP contribution in [0.3, 0.4) is 0 Å². The molecule has 0 aliphatic heterocycles. The van der Waals surface area contributed by atoms with E-state index >= 15 is 0 Å². The Hall–Kier alpha value is -1.02. The zero-order valence-electron chi connectivity index (χ0n) is 22.6. The smallest absolute Gasteiger partial charge is 0.0724 e. The van der Waals surface area contributed by atoms with E-state index in [9.17, 15) is 0 Å². The van der Waals surface area contributed by atoms with E-state index in [0.717, 1.165) is 0 Å². The average molecular weight is 507 g/mol. The zero-order valence-corrected chi connectivity index (χ0v) is 24.2. The van der Waals surface area contributed by atoms with Crippen LogP contribution in [0.5, 0.6) is 0 Å². The van der Waals surface area contributed by atoms with Gasteiger partial charge in [0, 0.05) is 38.2 Å². The van der Waals surface area contributed by atoms with Crippen LogP contribution in [-0.2, 0) is 56.2 Å².